The number of ether oxygens (including phenoxy) is 1. The summed E-state index contributed by atoms with van der Waals surface area (Å²) in [7, 11) is 1.49. The van der Waals surface area contributed by atoms with Gasteiger partial charge in [-0.15, -0.1) is 9.90 Å². The molecule has 18 heteroatoms. The average molecular weight is 830 g/mol. The van der Waals surface area contributed by atoms with Crippen LogP contribution in [0.3, 0.4) is 0 Å². The minimum Gasteiger partial charge on any atom is -0.496 e. The van der Waals surface area contributed by atoms with Gasteiger partial charge in [-0.25, -0.2) is 9.37 Å². The minimum atomic E-state index is -0.531. The third kappa shape index (κ3) is 9.80. The number of benzene rings is 1. The Hall–Kier alpha value is -5.87. The molecule has 0 aliphatic carbocycles. The van der Waals surface area contributed by atoms with Crippen LogP contribution in [-0.4, -0.2) is 82.6 Å². The van der Waals surface area contributed by atoms with Crippen molar-refractivity contribution in [2.24, 2.45) is 11.8 Å². The van der Waals surface area contributed by atoms with Crippen LogP contribution < -0.4 is 14.5 Å². The first kappa shape index (κ1) is 41.8. The van der Waals surface area contributed by atoms with Crippen LogP contribution in [0.5, 0.6) is 5.75 Å². The van der Waals surface area contributed by atoms with E-state index in [9.17, 15) is 14.0 Å². The molecular formula is C40H43Cl2FN12O3. The predicted octanol–water partition coefficient (Wildman–Crippen LogP) is 7.08. The number of aromatic nitrogens is 10. The van der Waals surface area contributed by atoms with Crippen LogP contribution in [-0.2, 0) is 22.4 Å². The summed E-state index contributed by atoms with van der Waals surface area (Å²) in [6.07, 6.45) is 14.1. The summed E-state index contributed by atoms with van der Waals surface area (Å²) in [5.41, 5.74) is 5.03. The number of methoxy groups -OCH3 is 1. The first-order chi connectivity index (χ1) is 28.2. The molecule has 2 amide bonds. The molecule has 0 saturated carbocycles. The van der Waals surface area contributed by atoms with Gasteiger partial charge in [-0.05, 0) is 80.3 Å². The maximum Gasteiger partial charge on any atom is 0.231 e. The molecule has 1 N–H and O–H groups in total. The third-order valence-corrected chi connectivity index (χ3v) is 10.3. The van der Waals surface area contributed by atoms with E-state index < -0.39 is 5.82 Å². The van der Waals surface area contributed by atoms with Crippen LogP contribution in [0, 0.1) is 24.6 Å². The summed E-state index contributed by atoms with van der Waals surface area (Å²) in [6.45, 7) is 7.19. The lowest BCUT2D eigenvalue weighted by atomic mass is 9.90. The van der Waals surface area contributed by atoms with Crippen LogP contribution in [0.4, 0.5) is 16.0 Å². The van der Waals surface area contributed by atoms with E-state index in [1.165, 1.54) is 30.2 Å². The van der Waals surface area contributed by atoms with E-state index >= 15 is 0 Å². The lowest BCUT2D eigenvalue weighted by Crippen LogP contribution is -2.42. The van der Waals surface area contributed by atoms with Crippen molar-refractivity contribution >= 4 is 46.7 Å². The van der Waals surface area contributed by atoms with Crippen LogP contribution in [0.2, 0.25) is 10.2 Å². The number of carbonyl (C=O) groups is 2. The number of hydrogen-bond acceptors (Lipinski definition) is 11. The van der Waals surface area contributed by atoms with E-state index in [0.29, 0.717) is 66.1 Å². The second kappa shape index (κ2) is 19.5. The number of halogens is 3. The van der Waals surface area contributed by atoms with Crippen LogP contribution >= 0.6 is 23.2 Å². The summed E-state index contributed by atoms with van der Waals surface area (Å²) in [6, 6.07) is 10.1. The van der Waals surface area contributed by atoms with Gasteiger partial charge in [-0.1, -0.05) is 43.1 Å². The van der Waals surface area contributed by atoms with Gasteiger partial charge in [-0.2, -0.15) is 30.6 Å². The number of amides is 2. The number of nitrogens with one attached hydrogen (secondary N) is 1. The molecule has 2 aliphatic rings. The highest BCUT2D eigenvalue weighted by atomic mass is 35.5. The molecule has 0 radical (unpaired) electrons. The van der Waals surface area contributed by atoms with Gasteiger partial charge < -0.3 is 4.74 Å². The summed E-state index contributed by atoms with van der Waals surface area (Å²) < 4.78 is 19.2. The van der Waals surface area contributed by atoms with E-state index in [-0.39, 0.29) is 28.7 Å². The maximum atomic E-state index is 13.9. The zero-order valence-corrected chi connectivity index (χ0v) is 34.0. The molecule has 6 aromatic rings. The molecule has 2 fully saturated rings. The smallest absolute Gasteiger partial charge is 0.231 e. The van der Waals surface area contributed by atoms with E-state index in [0.717, 1.165) is 41.6 Å². The Balaban J connectivity index is 0.000000188. The molecule has 2 unspecified atom stereocenters. The number of rotatable bonds is 9. The van der Waals surface area contributed by atoms with E-state index in [2.05, 4.69) is 45.8 Å². The molecule has 0 spiro atoms. The van der Waals surface area contributed by atoms with Crippen molar-refractivity contribution in [3.05, 3.63) is 106 Å². The summed E-state index contributed by atoms with van der Waals surface area (Å²) in [4.78, 5) is 35.0. The lowest BCUT2D eigenvalue weighted by Gasteiger charge is -2.30. The van der Waals surface area contributed by atoms with Crippen LogP contribution in [0.1, 0.15) is 56.2 Å². The van der Waals surface area contributed by atoms with Gasteiger partial charge in [0, 0.05) is 48.8 Å². The monoisotopic (exact) mass is 828 g/mol. The van der Waals surface area contributed by atoms with Crippen molar-refractivity contribution in [1.82, 2.24) is 50.6 Å². The Labute approximate surface area is 345 Å². The highest BCUT2D eigenvalue weighted by molar-refractivity contribution is 6.31. The van der Waals surface area contributed by atoms with Crippen LogP contribution in [0.25, 0.3) is 16.9 Å². The first-order valence-electron chi connectivity index (χ1n) is 19.0. The standard InChI is InChI=1S/C19H18ClFN6O2.C19H19ClN6O.C2H6/c1-29-17-9-15(20)16(21)8-13(17)7-12-3-2-6-26(19(12)28)18-11-24-27(25-18)14-4-5-22-23-10-14;1-12-9-22-23-11-15(12)16-8-18(25-24-16)26-6-2-3-14(19(26)27)7-13-4-5-17(20)21-10-13;1-2/h4-5,8-12H,2-3,6-7H2,1H3;4-5,8-11,14H,2-3,6-7H2,1H3,(H,24,25);1-2H3. The number of piperidine rings is 2. The Morgan fingerprint density at radius 2 is 1.55 bits per heavy atom. The molecule has 2 atom stereocenters. The average Bonchev–Trinajstić information content (AvgIpc) is 3.94. The molecule has 8 rings (SSSR count). The van der Waals surface area contributed by atoms with E-state index in [1.807, 2.05) is 32.9 Å². The van der Waals surface area contributed by atoms with Crippen molar-refractivity contribution in [1.29, 1.82) is 0 Å². The molecule has 7 heterocycles. The van der Waals surface area contributed by atoms with E-state index in [1.54, 1.807) is 52.9 Å². The van der Waals surface area contributed by atoms with E-state index in [4.69, 9.17) is 27.9 Å². The van der Waals surface area contributed by atoms with Gasteiger partial charge in [0.2, 0.25) is 11.8 Å². The zero-order valence-electron chi connectivity index (χ0n) is 32.5. The Kier molecular flexibility index (Phi) is 14.1. The predicted molar refractivity (Wildman–Crippen MR) is 217 cm³/mol. The number of anilines is 2. The van der Waals surface area contributed by atoms with Crippen molar-refractivity contribution in [2.75, 3.05) is 30.0 Å². The van der Waals surface area contributed by atoms with Crippen LogP contribution in [0.15, 0.2) is 73.6 Å². The second-order valence-electron chi connectivity index (χ2n) is 13.5. The first-order valence-corrected chi connectivity index (χ1v) is 19.7. The number of pyridine rings is 1. The Morgan fingerprint density at radius 3 is 2.22 bits per heavy atom. The van der Waals surface area contributed by atoms with Gasteiger partial charge in [0.05, 0.1) is 48.8 Å². The fourth-order valence-electron chi connectivity index (χ4n) is 6.89. The lowest BCUT2D eigenvalue weighted by molar-refractivity contribution is -0.124. The normalized spacial score (nSPS) is 16.6. The number of H-pyrrole nitrogens is 1. The number of aromatic amines is 1. The fraction of sp³-hybridized carbons (Fsp3) is 0.350. The number of carbonyl (C=O) groups excluding carboxylic acids is 2. The molecule has 2 saturated heterocycles. The van der Waals surface area contributed by atoms with Gasteiger partial charge in [0.15, 0.2) is 11.6 Å². The number of hydrogen-bond donors (Lipinski definition) is 1. The van der Waals surface area contributed by atoms with Crippen molar-refractivity contribution in [3.63, 3.8) is 0 Å². The Morgan fingerprint density at radius 1 is 0.845 bits per heavy atom. The molecule has 5 aromatic heterocycles. The largest absolute Gasteiger partial charge is 0.496 e. The van der Waals surface area contributed by atoms with Gasteiger partial charge in [-0.3, -0.25) is 24.5 Å². The quantitative estimate of drug-likeness (QED) is 0.148. The highest BCUT2D eigenvalue weighted by Gasteiger charge is 2.33. The molecule has 58 heavy (non-hydrogen) atoms. The zero-order chi connectivity index (χ0) is 41.2. The summed E-state index contributed by atoms with van der Waals surface area (Å²) in [5, 5.41) is 31.8. The maximum absolute atomic E-state index is 13.9. The number of aryl methyl sites for hydroxylation is 1. The van der Waals surface area contributed by atoms with Gasteiger partial charge in [0.1, 0.15) is 22.4 Å². The summed E-state index contributed by atoms with van der Waals surface area (Å²) >= 11 is 11.7. The van der Waals surface area contributed by atoms with Crippen molar-refractivity contribution in [3.8, 4) is 22.7 Å². The summed E-state index contributed by atoms with van der Waals surface area (Å²) in [5.74, 6) is 0.675. The second-order valence-corrected chi connectivity index (χ2v) is 14.2. The Bertz CT molecular complexity index is 2310. The fourth-order valence-corrected chi connectivity index (χ4v) is 7.15. The molecule has 2 aliphatic heterocycles. The van der Waals surface area contributed by atoms with Gasteiger partial charge >= 0.3 is 0 Å². The molecule has 302 valence electrons. The number of nitrogens with zero attached hydrogens (tertiary/aromatic N) is 11. The highest BCUT2D eigenvalue weighted by Crippen LogP contribution is 2.33. The minimum absolute atomic E-state index is 0.00980. The molecule has 1 aromatic carbocycles. The van der Waals surface area contributed by atoms with Crippen molar-refractivity contribution in [2.45, 2.75) is 59.3 Å². The topological polar surface area (TPSA) is 174 Å². The molecular weight excluding hydrogens is 786 g/mol. The van der Waals surface area contributed by atoms with Gasteiger partial charge in [0.25, 0.3) is 0 Å². The molecule has 0 bridgehead atoms. The third-order valence-electron chi connectivity index (χ3n) is 9.78. The SMILES string of the molecule is CC.COc1cc(Cl)c(F)cc1CC1CCCN(c2cnn(-c3ccnnc3)n2)C1=O.Cc1cnncc1-c1cc(N2CCCC(Cc3ccc(Cl)nc3)C2=O)n[nH]1. The molecule has 15 nitrogen and oxygen atoms in total. The van der Waals surface area contributed by atoms with Crippen molar-refractivity contribution < 1.29 is 18.7 Å².